The normalized spacial score (nSPS) is 18.6. The minimum atomic E-state index is -0.502. The molecule has 5 nitrogen and oxygen atoms in total. The zero-order valence-electron chi connectivity index (χ0n) is 12.6. The largest absolute Gasteiger partial charge is 0.493 e. The Kier molecular flexibility index (Phi) is 5.44. The number of carbonyl (C=O) groups excluding carboxylic acids is 1. The quantitative estimate of drug-likeness (QED) is 0.779. The van der Waals surface area contributed by atoms with Gasteiger partial charge in [0.25, 0.3) is 0 Å². The first-order valence-electron chi connectivity index (χ1n) is 7.50. The fraction of sp³-hybridized carbons (Fsp3) is 0.562. The molecule has 2 amide bonds. The van der Waals surface area contributed by atoms with Crippen LogP contribution in [0.5, 0.6) is 5.75 Å². The average Bonchev–Trinajstić information content (AvgIpc) is 2.45. The van der Waals surface area contributed by atoms with Crippen molar-refractivity contribution >= 4 is 6.03 Å². The number of urea groups is 1. The summed E-state index contributed by atoms with van der Waals surface area (Å²) in [5.74, 6) is 1.24. The first-order chi connectivity index (χ1) is 10.1. The second-order valence-electron chi connectivity index (χ2n) is 5.87. The third kappa shape index (κ3) is 4.63. The third-order valence-corrected chi connectivity index (χ3v) is 3.51. The second kappa shape index (κ2) is 7.31. The molecule has 1 aliphatic heterocycles. The number of aliphatic hydroxyl groups is 1. The van der Waals surface area contributed by atoms with E-state index in [4.69, 9.17) is 4.74 Å². The number of hydrogen-bond donors (Lipinski definition) is 3. The lowest BCUT2D eigenvalue weighted by Gasteiger charge is -2.26. The van der Waals surface area contributed by atoms with Crippen LogP contribution in [0.2, 0.25) is 0 Å². The Labute approximate surface area is 125 Å². The molecule has 1 aliphatic rings. The smallest absolute Gasteiger partial charge is 0.315 e. The van der Waals surface area contributed by atoms with Gasteiger partial charge in [-0.15, -0.1) is 0 Å². The van der Waals surface area contributed by atoms with E-state index in [9.17, 15) is 9.90 Å². The van der Waals surface area contributed by atoms with Crippen LogP contribution in [-0.4, -0.2) is 30.4 Å². The van der Waals surface area contributed by atoms with E-state index in [2.05, 4.69) is 10.6 Å². The lowest BCUT2D eigenvalue weighted by atomic mass is 10.0. The Morgan fingerprint density at radius 1 is 1.43 bits per heavy atom. The summed E-state index contributed by atoms with van der Waals surface area (Å²) in [5.41, 5.74) is 1.00. The van der Waals surface area contributed by atoms with Crippen LogP contribution >= 0.6 is 0 Å². The predicted octanol–water partition coefficient (Wildman–Crippen LogP) is 2.22. The van der Waals surface area contributed by atoms with Crippen molar-refractivity contribution < 1.29 is 14.6 Å². The van der Waals surface area contributed by atoms with E-state index >= 15 is 0 Å². The summed E-state index contributed by atoms with van der Waals surface area (Å²) >= 11 is 0. The highest BCUT2D eigenvalue weighted by Gasteiger charge is 2.22. The topological polar surface area (TPSA) is 70.6 Å². The minimum absolute atomic E-state index is 0.0443. The molecule has 21 heavy (non-hydrogen) atoms. The lowest BCUT2D eigenvalue weighted by Crippen LogP contribution is -2.42. The molecule has 0 radical (unpaired) electrons. The van der Waals surface area contributed by atoms with Crippen LogP contribution in [0.4, 0.5) is 4.79 Å². The second-order valence-corrected chi connectivity index (χ2v) is 5.87. The van der Waals surface area contributed by atoms with Crippen LogP contribution in [0.1, 0.15) is 38.3 Å². The van der Waals surface area contributed by atoms with Gasteiger partial charge in [-0.1, -0.05) is 32.0 Å². The molecule has 0 aliphatic carbocycles. The molecule has 2 rings (SSSR count). The molecule has 1 heterocycles. The fourth-order valence-corrected chi connectivity index (χ4v) is 2.54. The first kappa shape index (κ1) is 15.6. The fourth-order valence-electron chi connectivity index (χ4n) is 2.54. The molecule has 1 aromatic rings. The van der Waals surface area contributed by atoms with Gasteiger partial charge in [0.15, 0.2) is 0 Å². The number of rotatable bonds is 5. The Morgan fingerprint density at radius 3 is 2.95 bits per heavy atom. The number of benzene rings is 1. The number of amides is 2. The van der Waals surface area contributed by atoms with E-state index in [-0.39, 0.29) is 18.6 Å². The Morgan fingerprint density at radius 2 is 2.19 bits per heavy atom. The predicted molar refractivity (Wildman–Crippen MR) is 81.3 cm³/mol. The molecule has 0 saturated heterocycles. The minimum Gasteiger partial charge on any atom is -0.493 e. The van der Waals surface area contributed by atoms with Gasteiger partial charge in [0.1, 0.15) is 5.75 Å². The van der Waals surface area contributed by atoms with Crippen molar-refractivity contribution in [3.8, 4) is 5.75 Å². The summed E-state index contributed by atoms with van der Waals surface area (Å²) in [6, 6.07) is 7.44. The number of aliphatic hydroxyl groups excluding tert-OH is 1. The summed E-state index contributed by atoms with van der Waals surface area (Å²) in [7, 11) is 0. The molecule has 0 fully saturated rings. The van der Waals surface area contributed by atoms with E-state index in [1.165, 1.54) is 0 Å². The molecule has 5 heteroatoms. The molecule has 0 aromatic heterocycles. The van der Waals surface area contributed by atoms with Gasteiger partial charge >= 0.3 is 6.03 Å². The Bertz CT molecular complexity index is 476. The van der Waals surface area contributed by atoms with Gasteiger partial charge in [0, 0.05) is 18.5 Å². The van der Waals surface area contributed by atoms with E-state index < -0.39 is 6.10 Å². The molecule has 2 atom stereocenters. The van der Waals surface area contributed by atoms with Crippen molar-refractivity contribution in [2.75, 3.05) is 13.2 Å². The highest BCUT2D eigenvalue weighted by atomic mass is 16.5. The van der Waals surface area contributed by atoms with Crippen molar-refractivity contribution in [3.63, 3.8) is 0 Å². The molecular weight excluding hydrogens is 268 g/mol. The van der Waals surface area contributed by atoms with Crippen molar-refractivity contribution in [2.24, 2.45) is 5.92 Å². The van der Waals surface area contributed by atoms with Crippen molar-refractivity contribution in [2.45, 2.75) is 38.8 Å². The first-order valence-corrected chi connectivity index (χ1v) is 7.50. The third-order valence-electron chi connectivity index (χ3n) is 3.51. The standard InChI is InChI=1S/C16H24N2O3/c1-11(2)9-12(19)10-17-16(20)18-14-7-8-21-15-6-4-3-5-13(14)15/h3-6,11-12,14,19H,7-10H2,1-2H3,(H2,17,18,20). The van der Waals surface area contributed by atoms with Gasteiger partial charge in [0.05, 0.1) is 18.8 Å². The van der Waals surface area contributed by atoms with Gasteiger partial charge in [-0.05, 0) is 18.4 Å². The molecule has 116 valence electrons. The summed E-state index contributed by atoms with van der Waals surface area (Å²) in [6.07, 6.45) is 0.928. The maximum absolute atomic E-state index is 11.9. The van der Waals surface area contributed by atoms with Crippen LogP contribution in [0.3, 0.4) is 0 Å². The van der Waals surface area contributed by atoms with Gasteiger partial charge in [-0.25, -0.2) is 4.79 Å². The highest BCUT2D eigenvalue weighted by Crippen LogP contribution is 2.31. The monoisotopic (exact) mass is 292 g/mol. The zero-order chi connectivity index (χ0) is 15.2. The van der Waals surface area contributed by atoms with Crippen molar-refractivity contribution in [3.05, 3.63) is 29.8 Å². The number of ether oxygens (including phenoxy) is 1. The highest BCUT2D eigenvalue weighted by molar-refractivity contribution is 5.74. The SMILES string of the molecule is CC(C)CC(O)CNC(=O)NC1CCOc2ccccc21. The summed E-state index contributed by atoms with van der Waals surface area (Å²) in [4.78, 5) is 11.9. The van der Waals surface area contributed by atoms with Crippen LogP contribution in [-0.2, 0) is 0 Å². The van der Waals surface area contributed by atoms with E-state index in [0.717, 1.165) is 17.7 Å². The van der Waals surface area contributed by atoms with Gasteiger partial charge in [0.2, 0.25) is 0 Å². The number of carbonyl (C=O) groups is 1. The van der Waals surface area contributed by atoms with Crippen LogP contribution in [0, 0.1) is 5.92 Å². The van der Waals surface area contributed by atoms with E-state index in [0.29, 0.717) is 18.9 Å². The van der Waals surface area contributed by atoms with Crippen LogP contribution in [0.15, 0.2) is 24.3 Å². The zero-order valence-corrected chi connectivity index (χ0v) is 12.6. The summed E-state index contributed by atoms with van der Waals surface area (Å²) in [5, 5.41) is 15.4. The molecule has 0 bridgehead atoms. The molecule has 2 unspecified atom stereocenters. The molecule has 0 spiro atoms. The van der Waals surface area contributed by atoms with E-state index in [1.807, 2.05) is 38.1 Å². The number of nitrogens with one attached hydrogen (secondary N) is 2. The Hall–Kier alpha value is -1.75. The van der Waals surface area contributed by atoms with Crippen molar-refractivity contribution in [1.82, 2.24) is 10.6 Å². The number of hydrogen-bond acceptors (Lipinski definition) is 3. The molecule has 1 aromatic carbocycles. The average molecular weight is 292 g/mol. The van der Waals surface area contributed by atoms with Gasteiger partial charge in [-0.3, -0.25) is 0 Å². The lowest BCUT2D eigenvalue weighted by molar-refractivity contribution is 0.146. The maximum atomic E-state index is 11.9. The maximum Gasteiger partial charge on any atom is 0.315 e. The molecule has 0 saturated carbocycles. The molecular formula is C16H24N2O3. The van der Waals surface area contributed by atoms with E-state index in [1.54, 1.807) is 0 Å². The number of para-hydroxylation sites is 1. The number of fused-ring (bicyclic) bond motifs is 1. The van der Waals surface area contributed by atoms with Gasteiger partial charge < -0.3 is 20.5 Å². The molecule has 3 N–H and O–H groups in total. The van der Waals surface area contributed by atoms with Crippen molar-refractivity contribution in [1.29, 1.82) is 0 Å². The van der Waals surface area contributed by atoms with Gasteiger partial charge in [-0.2, -0.15) is 0 Å². The Balaban J connectivity index is 1.84. The summed E-state index contributed by atoms with van der Waals surface area (Å²) in [6.45, 7) is 4.96. The van der Waals surface area contributed by atoms with Crippen LogP contribution in [0.25, 0.3) is 0 Å². The summed E-state index contributed by atoms with van der Waals surface area (Å²) < 4.78 is 5.57. The van der Waals surface area contributed by atoms with Crippen LogP contribution < -0.4 is 15.4 Å².